The van der Waals surface area contributed by atoms with Gasteiger partial charge in [0.1, 0.15) is 5.82 Å². The van der Waals surface area contributed by atoms with E-state index in [0.717, 1.165) is 5.56 Å². The van der Waals surface area contributed by atoms with E-state index in [1.165, 1.54) is 12.1 Å². The van der Waals surface area contributed by atoms with Crippen molar-refractivity contribution in [1.29, 1.82) is 5.41 Å². The Morgan fingerprint density at radius 3 is 2.25 bits per heavy atom. The molecule has 0 aliphatic carbocycles. The Morgan fingerprint density at radius 2 is 1.83 bits per heavy atom. The van der Waals surface area contributed by atoms with Gasteiger partial charge in [-0.05, 0) is 17.7 Å². The summed E-state index contributed by atoms with van der Waals surface area (Å²) in [7, 11) is 0. The summed E-state index contributed by atoms with van der Waals surface area (Å²) in [6.07, 6.45) is 0.389. The lowest BCUT2D eigenvalue weighted by Crippen LogP contribution is -2.12. The molecule has 12 heavy (non-hydrogen) atoms. The topological polar surface area (TPSA) is 49.9 Å². The maximum Gasteiger partial charge on any atom is 0.123 e. The van der Waals surface area contributed by atoms with E-state index in [9.17, 15) is 4.39 Å². The van der Waals surface area contributed by atoms with E-state index >= 15 is 0 Å². The fourth-order valence-electron chi connectivity index (χ4n) is 0.822. The Kier molecular flexibility index (Phi) is 4.29. The zero-order chi connectivity index (χ0) is 8.27. The van der Waals surface area contributed by atoms with Gasteiger partial charge < -0.3 is 5.73 Å². The van der Waals surface area contributed by atoms with Gasteiger partial charge in [-0.1, -0.05) is 12.1 Å². The van der Waals surface area contributed by atoms with Crippen molar-refractivity contribution in [2.75, 3.05) is 0 Å². The second kappa shape index (κ2) is 4.72. The first-order valence-corrected chi connectivity index (χ1v) is 3.26. The monoisotopic (exact) mass is 188 g/mol. The third kappa shape index (κ3) is 3.34. The zero-order valence-corrected chi connectivity index (χ0v) is 7.20. The quantitative estimate of drug-likeness (QED) is 0.539. The maximum atomic E-state index is 12.3. The van der Waals surface area contributed by atoms with E-state index in [4.69, 9.17) is 11.1 Å². The van der Waals surface area contributed by atoms with E-state index in [2.05, 4.69) is 0 Å². The van der Waals surface area contributed by atoms with Gasteiger partial charge in [0.05, 0.1) is 5.84 Å². The molecule has 0 atom stereocenters. The van der Waals surface area contributed by atoms with Gasteiger partial charge in [-0.15, -0.1) is 12.4 Å². The summed E-state index contributed by atoms with van der Waals surface area (Å²) in [6, 6.07) is 5.96. The van der Waals surface area contributed by atoms with Crippen LogP contribution in [0.15, 0.2) is 24.3 Å². The van der Waals surface area contributed by atoms with Crippen LogP contribution in [0.4, 0.5) is 4.39 Å². The summed E-state index contributed by atoms with van der Waals surface area (Å²) in [5.74, 6) is -0.172. The Morgan fingerprint density at radius 1 is 1.33 bits per heavy atom. The van der Waals surface area contributed by atoms with Crippen molar-refractivity contribution < 1.29 is 4.39 Å². The van der Waals surface area contributed by atoms with Crippen molar-refractivity contribution in [2.45, 2.75) is 6.42 Å². The number of nitrogens with one attached hydrogen (secondary N) is 1. The van der Waals surface area contributed by atoms with Crippen molar-refractivity contribution in [1.82, 2.24) is 0 Å². The Balaban J connectivity index is 0.00000121. The first-order chi connectivity index (χ1) is 5.18. The molecule has 0 radical (unpaired) electrons. The second-order valence-electron chi connectivity index (χ2n) is 2.33. The van der Waals surface area contributed by atoms with E-state index in [0.29, 0.717) is 6.42 Å². The predicted octanol–water partition coefficient (Wildman–Crippen LogP) is 1.73. The average Bonchev–Trinajstić information content (AvgIpc) is 1.93. The maximum absolute atomic E-state index is 12.3. The van der Waals surface area contributed by atoms with Crippen LogP contribution in [-0.2, 0) is 6.42 Å². The Labute approximate surface area is 76.5 Å². The summed E-state index contributed by atoms with van der Waals surface area (Å²) < 4.78 is 12.3. The number of hydrogen-bond donors (Lipinski definition) is 2. The van der Waals surface area contributed by atoms with Crippen molar-refractivity contribution >= 4 is 18.2 Å². The SMILES string of the molecule is Cl.N=C(N)Cc1ccc(F)cc1. The fraction of sp³-hybridized carbons (Fsp3) is 0.125. The van der Waals surface area contributed by atoms with Crippen LogP contribution in [0.25, 0.3) is 0 Å². The highest BCUT2D eigenvalue weighted by atomic mass is 35.5. The molecule has 0 spiro atoms. The highest BCUT2D eigenvalue weighted by Gasteiger charge is 1.94. The van der Waals surface area contributed by atoms with Gasteiger partial charge >= 0.3 is 0 Å². The third-order valence-electron chi connectivity index (χ3n) is 1.31. The molecule has 0 aliphatic heterocycles. The number of nitrogens with two attached hydrogens (primary N) is 1. The van der Waals surface area contributed by atoms with Crippen LogP contribution in [-0.4, -0.2) is 5.84 Å². The highest BCUT2D eigenvalue weighted by molar-refractivity contribution is 5.85. The van der Waals surface area contributed by atoms with Crippen LogP contribution in [0, 0.1) is 11.2 Å². The molecule has 66 valence electrons. The molecule has 0 unspecified atom stereocenters. The largest absolute Gasteiger partial charge is 0.387 e. The average molecular weight is 189 g/mol. The summed E-state index contributed by atoms with van der Waals surface area (Å²) in [5.41, 5.74) is 6.01. The van der Waals surface area contributed by atoms with Crippen LogP contribution in [0.3, 0.4) is 0 Å². The molecular weight excluding hydrogens is 179 g/mol. The molecule has 3 N–H and O–H groups in total. The van der Waals surface area contributed by atoms with Crippen molar-refractivity contribution in [3.8, 4) is 0 Å². The molecule has 0 saturated carbocycles. The highest BCUT2D eigenvalue weighted by Crippen LogP contribution is 2.02. The molecule has 0 amide bonds. The van der Waals surface area contributed by atoms with Gasteiger partial charge in [0.15, 0.2) is 0 Å². The molecule has 1 aromatic carbocycles. The molecule has 0 heterocycles. The first-order valence-electron chi connectivity index (χ1n) is 3.26. The smallest absolute Gasteiger partial charge is 0.123 e. The van der Waals surface area contributed by atoms with Crippen LogP contribution in [0.1, 0.15) is 5.56 Å². The van der Waals surface area contributed by atoms with Gasteiger partial charge in [-0.3, -0.25) is 5.41 Å². The molecule has 0 fully saturated rings. The van der Waals surface area contributed by atoms with Crippen molar-refractivity contribution in [3.05, 3.63) is 35.6 Å². The molecule has 1 rings (SSSR count). The first kappa shape index (κ1) is 10.9. The molecule has 4 heteroatoms. The van der Waals surface area contributed by atoms with Gasteiger partial charge in [0.2, 0.25) is 0 Å². The van der Waals surface area contributed by atoms with Gasteiger partial charge in [0, 0.05) is 6.42 Å². The minimum absolute atomic E-state index is 0. The Hall–Kier alpha value is -1.09. The lowest BCUT2D eigenvalue weighted by Gasteiger charge is -1.97. The lowest BCUT2D eigenvalue weighted by atomic mass is 10.1. The molecule has 1 aromatic rings. The molecule has 2 nitrogen and oxygen atoms in total. The summed E-state index contributed by atoms with van der Waals surface area (Å²) in [6.45, 7) is 0. The van der Waals surface area contributed by atoms with Gasteiger partial charge in [0.25, 0.3) is 0 Å². The van der Waals surface area contributed by atoms with Crippen molar-refractivity contribution in [3.63, 3.8) is 0 Å². The molecular formula is C8H10ClFN2. The normalized spacial score (nSPS) is 8.75. The van der Waals surface area contributed by atoms with E-state index < -0.39 is 0 Å². The van der Waals surface area contributed by atoms with Gasteiger partial charge in [-0.2, -0.15) is 0 Å². The second-order valence-corrected chi connectivity index (χ2v) is 2.33. The van der Waals surface area contributed by atoms with E-state index in [1.54, 1.807) is 12.1 Å². The minimum Gasteiger partial charge on any atom is -0.387 e. The van der Waals surface area contributed by atoms with Crippen LogP contribution in [0.5, 0.6) is 0 Å². The van der Waals surface area contributed by atoms with Crippen LogP contribution in [0.2, 0.25) is 0 Å². The minimum atomic E-state index is -0.266. The number of amidine groups is 1. The van der Waals surface area contributed by atoms with Crippen LogP contribution >= 0.6 is 12.4 Å². The predicted molar refractivity (Wildman–Crippen MR) is 49.3 cm³/mol. The van der Waals surface area contributed by atoms with Crippen molar-refractivity contribution in [2.24, 2.45) is 5.73 Å². The Bertz CT molecular complexity index is 258. The number of rotatable bonds is 2. The number of benzene rings is 1. The summed E-state index contributed by atoms with van der Waals surface area (Å²) in [4.78, 5) is 0. The van der Waals surface area contributed by atoms with Crippen LogP contribution < -0.4 is 5.73 Å². The molecule has 0 saturated heterocycles. The molecule has 0 aliphatic rings. The van der Waals surface area contributed by atoms with Gasteiger partial charge in [-0.25, -0.2) is 4.39 Å². The number of hydrogen-bond acceptors (Lipinski definition) is 1. The fourth-order valence-corrected chi connectivity index (χ4v) is 0.822. The summed E-state index contributed by atoms with van der Waals surface area (Å²) >= 11 is 0. The molecule has 0 aromatic heterocycles. The van der Waals surface area contributed by atoms with E-state index in [-0.39, 0.29) is 24.1 Å². The number of halogens is 2. The third-order valence-corrected chi connectivity index (χ3v) is 1.31. The van der Waals surface area contributed by atoms with E-state index in [1.807, 2.05) is 0 Å². The molecule has 0 bridgehead atoms. The standard InChI is InChI=1S/C8H9FN2.ClH/c9-7-3-1-6(2-4-7)5-8(10)11;/h1-4H,5H2,(H3,10,11);1H. The lowest BCUT2D eigenvalue weighted by molar-refractivity contribution is 0.627. The zero-order valence-electron chi connectivity index (χ0n) is 6.38. The summed E-state index contributed by atoms with van der Waals surface area (Å²) in [5, 5.41) is 6.97.